The number of nitrogens with zero attached hydrogens (tertiary/aromatic N) is 2. The first kappa shape index (κ1) is 23.6. The van der Waals surface area contributed by atoms with Crippen LogP contribution in [-0.2, 0) is 0 Å². The fourth-order valence-electron chi connectivity index (χ4n) is 3.56. The molecule has 0 bridgehead atoms. The summed E-state index contributed by atoms with van der Waals surface area (Å²) in [5, 5.41) is 28.7. The van der Waals surface area contributed by atoms with Crippen molar-refractivity contribution < 1.29 is 28.9 Å². The van der Waals surface area contributed by atoms with Gasteiger partial charge in [0.05, 0.1) is 24.1 Å². The smallest absolute Gasteiger partial charge is 0.259 e. The molecule has 3 aromatic rings. The highest BCUT2D eigenvalue weighted by Crippen LogP contribution is 2.44. The Kier molecular flexibility index (Phi) is 7.04. The molecule has 3 N–H and O–H groups in total. The van der Waals surface area contributed by atoms with Crippen molar-refractivity contribution in [3.63, 3.8) is 0 Å². The van der Waals surface area contributed by atoms with Gasteiger partial charge in [-0.1, -0.05) is 0 Å². The number of aryl methyl sites for hydroxylation is 2. The molecule has 0 saturated heterocycles. The number of halogens is 1. The third-order valence-corrected chi connectivity index (χ3v) is 5.51. The second-order valence-electron chi connectivity index (χ2n) is 8.38. The third-order valence-electron chi connectivity index (χ3n) is 5.51. The van der Waals surface area contributed by atoms with E-state index in [1.165, 1.54) is 24.4 Å². The number of hydrogen-bond acceptors (Lipinski definition) is 7. The second-order valence-corrected chi connectivity index (χ2v) is 8.38. The minimum atomic E-state index is -1.05. The largest absolute Gasteiger partial charge is 0.474 e. The molecule has 1 atom stereocenters. The average Bonchev–Trinajstić information content (AvgIpc) is 3.65. The number of carbonyl (C=O) groups is 1. The molecule has 1 fully saturated rings. The van der Waals surface area contributed by atoms with Crippen molar-refractivity contribution in [3.05, 3.63) is 70.7 Å². The number of hydrogen-bond donors (Lipinski definition) is 3. The van der Waals surface area contributed by atoms with E-state index in [2.05, 4.69) is 15.5 Å². The average molecular weight is 467 g/mol. The fourth-order valence-corrected chi connectivity index (χ4v) is 3.56. The monoisotopic (exact) mass is 467 g/mol. The van der Waals surface area contributed by atoms with Gasteiger partial charge in [-0.05, 0) is 79.6 Å². The van der Waals surface area contributed by atoms with Gasteiger partial charge in [0.25, 0.3) is 5.91 Å². The minimum absolute atomic E-state index is 0.0870. The summed E-state index contributed by atoms with van der Waals surface area (Å²) in [6.45, 7) is 3.09. The summed E-state index contributed by atoms with van der Waals surface area (Å²) >= 11 is 0. The van der Waals surface area contributed by atoms with Crippen molar-refractivity contribution in [2.45, 2.75) is 38.7 Å². The van der Waals surface area contributed by atoms with Crippen LogP contribution >= 0.6 is 0 Å². The number of rotatable bonds is 9. The van der Waals surface area contributed by atoms with Crippen molar-refractivity contribution in [2.75, 3.05) is 18.5 Å². The Hall–Kier alpha value is -3.56. The lowest BCUT2D eigenvalue weighted by atomic mass is 10.00. The maximum Gasteiger partial charge on any atom is 0.259 e. The van der Waals surface area contributed by atoms with E-state index in [1.807, 2.05) is 13.0 Å². The molecule has 1 heterocycles. The van der Waals surface area contributed by atoms with Crippen LogP contribution < -0.4 is 14.8 Å². The zero-order valence-corrected chi connectivity index (χ0v) is 18.9. The summed E-state index contributed by atoms with van der Waals surface area (Å²) in [7, 11) is 0. The van der Waals surface area contributed by atoms with Crippen LogP contribution in [0.3, 0.4) is 0 Å². The molecular formula is C25H26FN3O5. The maximum atomic E-state index is 13.6. The lowest BCUT2D eigenvalue weighted by Crippen LogP contribution is -2.21. The molecule has 178 valence electrons. The number of aliphatic hydroxyl groups is 2. The van der Waals surface area contributed by atoms with Gasteiger partial charge in [-0.25, -0.2) is 4.39 Å². The van der Waals surface area contributed by atoms with Crippen LogP contribution in [-0.4, -0.2) is 45.6 Å². The molecule has 8 nitrogen and oxygen atoms in total. The van der Waals surface area contributed by atoms with E-state index in [4.69, 9.17) is 14.6 Å². The number of amides is 1. The topological polar surface area (TPSA) is 114 Å². The highest BCUT2D eigenvalue weighted by atomic mass is 19.1. The van der Waals surface area contributed by atoms with Crippen molar-refractivity contribution in [2.24, 2.45) is 0 Å². The van der Waals surface area contributed by atoms with Crippen molar-refractivity contribution in [1.29, 1.82) is 0 Å². The lowest BCUT2D eigenvalue weighted by molar-refractivity contribution is 0.0518. The summed E-state index contributed by atoms with van der Waals surface area (Å²) < 4.78 is 24.9. The zero-order valence-electron chi connectivity index (χ0n) is 18.9. The Morgan fingerprint density at radius 2 is 1.97 bits per heavy atom. The first-order valence-electron chi connectivity index (χ1n) is 11.0. The Balaban J connectivity index is 1.60. The third kappa shape index (κ3) is 5.67. The van der Waals surface area contributed by atoms with E-state index in [9.17, 15) is 14.3 Å². The molecule has 9 heteroatoms. The molecule has 1 aliphatic rings. The number of aromatic nitrogens is 2. The van der Waals surface area contributed by atoms with Crippen molar-refractivity contribution >= 4 is 11.6 Å². The van der Waals surface area contributed by atoms with Gasteiger partial charge in [0, 0.05) is 6.07 Å². The van der Waals surface area contributed by atoms with Crippen molar-refractivity contribution in [1.82, 2.24) is 10.2 Å². The number of ether oxygens (including phenoxy) is 2. The van der Waals surface area contributed by atoms with Gasteiger partial charge in [-0.2, -0.15) is 5.10 Å². The normalized spacial score (nSPS) is 13.9. The number of anilines is 1. The van der Waals surface area contributed by atoms with E-state index in [0.29, 0.717) is 34.2 Å². The zero-order chi connectivity index (χ0) is 24.2. The molecule has 1 amide bonds. The van der Waals surface area contributed by atoms with Gasteiger partial charge in [0.15, 0.2) is 0 Å². The summed E-state index contributed by atoms with van der Waals surface area (Å²) in [4.78, 5) is 13.2. The Bertz CT molecular complexity index is 1200. The van der Waals surface area contributed by atoms with Crippen LogP contribution in [0.5, 0.6) is 17.4 Å². The Labute approximate surface area is 196 Å². The van der Waals surface area contributed by atoms with Gasteiger partial charge in [0.1, 0.15) is 30.0 Å². The van der Waals surface area contributed by atoms with Crippen molar-refractivity contribution in [3.8, 4) is 17.4 Å². The van der Waals surface area contributed by atoms with Crippen LogP contribution in [0.25, 0.3) is 0 Å². The predicted molar refractivity (Wildman–Crippen MR) is 123 cm³/mol. The SMILES string of the molecule is Cc1cc(F)ccc1Oc1cc(C2CC2)c(C)cc1C(=O)Nc1cnnc(OC[C@H](O)CO)c1. The molecule has 0 radical (unpaired) electrons. The molecule has 2 aromatic carbocycles. The number of carbonyl (C=O) groups excluding carboxylic acids is 1. The summed E-state index contributed by atoms with van der Waals surface area (Å²) in [5.74, 6) is 0.597. The van der Waals surface area contributed by atoms with Gasteiger partial charge < -0.3 is 25.0 Å². The van der Waals surface area contributed by atoms with E-state index in [0.717, 1.165) is 24.0 Å². The van der Waals surface area contributed by atoms with Crippen LogP contribution in [0.15, 0.2) is 42.6 Å². The molecule has 0 spiro atoms. The quantitative estimate of drug-likeness (QED) is 0.438. The second kappa shape index (κ2) is 10.1. The van der Waals surface area contributed by atoms with Gasteiger partial charge in [-0.15, -0.1) is 5.10 Å². The van der Waals surface area contributed by atoms with Crippen LogP contribution in [0.1, 0.15) is 45.8 Å². The summed E-state index contributed by atoms with van der Waals surface area (Å²) in [6.07, 6.45) is 2.50. The first-order valence-corrected chi connectivity index (χ1v) is 11.0. The molecular weight excluding hydrogens is 441 g/mol. The molecule has 4 rings (SSSR count). The molecule has 1 aliphatic carbocycles. The molecule has 1 aromatic heterocycles. The number of nitrogens with one attached hydrogen (secondary N) is 1. The maximum absolute atomic E-state index is 13.6. The van der Waals surface area contributed by atoms with Crippen LogP contribution in [0.4, 0.5) is 10.1 Å². The molecule has 0 unspecified atom stereocenters. The van der Waals surface area contributed by atoms with Crippen LogP contribution in [0.2, 0.25) is 0 Å². The molecule has 1 saturated carbocycles. The van der Waals surface area contributed by atoms with E-state index in [-0.39, 0.29) is 18.3 Å². The van der Waals surface area contributed by atoms with Gasteiger partial charge in [-0.3, -0.25) is 4.79 Å². The summed E-state index contributed by atoms with van der Waals surface area (Å²) in [6, 6.07) is 9.38. The highest BCUT2D eigenvalue weighted by Gasteiger charge is 2.28. The molecule has 0 aliphatic heterocycles. The van der Waals surface area contributed by atoms with Crippen LogP contribution in [0, 0.1) is 19.7 Å². The Morgan fingerprint density at radius 3 is 2.68 bits per heavy atom. The minimum Gasteiger partial charge on any atom is -0.474 e. The molecule has 34 heavy (non-hydrogen) atoms. The van der Waals surface area contributed by atoms with Gasteiger partial charge >= 0.3 is 0 Å². The number of benzene rings is 2. The Morgan fingerprint density at radius 1 is 1.18 bits per heavy atom. The predicted octanol–water partition coefficient (Wildman–Crippen LogP) is 3.89. The van der Waals surface area contributed by atoms with E-state index < -0.39 is 18.6 Å². The number of aliphatic hydroxyl groups excluding tert-OH is 2. The van der Waals surface area contributed by atoms with E-state index >= 15 is 0 Å². The lowest BCUT2D eigenvalue weighted by Gasteiger charge is -2.16. The summed E-state index contributed by atoms with van der Waals surface area (Å²) in [5.41, 5.74) is 3.40. The fraction of sp³-hybridized carbons (Fsp3) is 0.320. The van der Waals surface area contributed by atoms with Gasteiger partial charge in [0.2, 0.25) is 5.88 Å². The van der Waals surface area contributed by atoms with E-state index in [1.54, 1.807) is 19.1 Å². The standard InChI is InChI=1S/C25H26FN3O5/c1-14-8-21(25(32)28-18-9-24(29-27-11-18)33-13-19(31)12-30)23(10-20(14)16-3-4-16)34-22-6-5-17(26)7-15(22)2/h5-11,16,19,30-31H,3-4,12-13H2,1-2H3,(H,28,29,32)/t19-/m1/s1. The first-order chi connectivity index (χ1) is 16.3. The highest BCUT2D eigenvalue weighted by molar-refractivity contribution is 6.06.